The quantitative estimate of drug-likeness (QED) is 0.631. The Kier molecular flexibility index (Phi) is 3.25. The van der Waals surface area contributed by atoms with E-state index < -0.39 is 5.82 Å². The molecule has 1 heterocycles. The van der Waals surface area contributed by atoms with Gasteiger partial charge in [0.2, 0.25) is 0 Å². The van der Waals surface area contributed by atoms with Gasteiger partial charge >= 0.3 is 0 Å². The predicted molar refractivity (Wildman–Crippen MR) is 69.4 cm³/mol. The van der Waals surface area contributed by atoms with Gasteiger partial charge in [-0.2, -0.15) is 0 Å². The van der Waals surface area contributed by atoms with Crippen LogP contribution in [0, 0.1) is 26.6 Å². The highest BCUT2D eigenvalue weighted by molar-refractivity contribution is 5.59. The molecule has 4 nitrogen and oxygen atoms in total. The molecule has 0 saturated carbocycles. The summed E-state index contributed by atoms with van der Waals surface area (Å²) in [6.45, 7) is 5.63. The van der Waals surface area contributed by atoms with E-state index in [9.17, 15) is 4.39 Å². The summed E-state index contributed by atoms with van der Waals surface area (Å²) >= 11 is 0. The second kappa shape index (κ2) is 4.70. The van der Waals surface area contributed by atoms with E-state index in [1.165, 1.54) is 5.56 Å². The fraction of sp³-hybridized carbons (Fsp3) is 0.231. The normalized spacial score (nSPS) is 10.5. The molecule has 18 heavy (non-hydrogen) atoms. The highest BCUT2D eigenvalue weighted by Crippen LogP contribution is 2.22. The first-order chi connectivity index (χ1) is 8.52. The van der Waals surface area contributed by atoms with Crippen LogP contribution in [-0.4, -0.2) is 9.97 Å². The second-order valence-corrected chi connectivity index (χ2v) is 4.24. The fourth-order valence-electron chi connectivity index (χ4n) is 1.66. The van der Waals surface area contributed by atoms with E-state index in [4.69, 9.17) is 5.84 Å². The molecule has 0 aliphatic heterocycles. The first kappa shape index (κ1) is 12.4. The van der Waals surface area contributed by atoms with Gasteiger partial charge in [0.1, 0.15) is 0 Å². The molecule has 0 unspecified atom stereocenters. The Balaban J connectivity index is 2.57. The minimum Gasteiger partial charge on any atom is -0.306 e. The SMILES string of the molecule is Cc1ccc(-c2nc(C)c(F)c(NN)n2)cc1C. The summed E-state index contributed by atoms with van der Waals surface area (Å²) in [6, 6.07) is 5.87. The average Bonchev–Trinajstić information content (AvgIpc) is 2.36. The summed E-state index contributed by atoms with van der Waals surface area (Å²) in [5, 5.41) is 0. The molecular weight excluding hydrogens is 231 g/mol. The number of rotatable bonds is 2. The van der Waals surface area contributed by atoms with Crippen LogP contribution in [0.25, 0.3) is 11.4 Å². The molecule has 0 atom stereocenters. The Morgan fingerprint density at radius 1 is 1.11 bits per heavy atom. The molecule has 2 rings (SSSR count). The van der Waals surface area contributed by atoms with Crippen molar-refractivity contribution in [1.29, 1.82) is 0 Å². The van der Waals surface area contributed by atoms with Gasteiger partial charge in [-0.1, -0.05) is 12.1 Å². The van der Waals surface area contributed by atoms with Gasteiger partial charge in [0.05, 0.1) is 5.69 Å². The molecule has 0 aliphatic carbocycles. The second-order valence-electron chi connectivity index (χ2n) is 4.24. The number of aromatic nitrogens is 2. The Labute approximate surface area is 105 Å². The third-order valence-corrected chi connectivity index (χ3v) is 2.92. The molecule has 0 radical (unpaired) electrons. The van der Waals surface area contributed by atoms with Crippen LogP contribution < -0.4 is 11.3 Å². The maximum atomic E-state index is 13.6. The topological polar surface area (TPSA) is 63.8 Å². The number of halogens is 1. The predicted octanol–water partition coefficient (Wildman–Crippen LogP) is 2.49. The molecule has 0 spiro atoms. The lowest BCUT2D eigenvalue weighted by atomic mass is 10.1. The summed E-state index contributed by atoms with van der Waals surface area (Å²) in [6.07, 6.45) is 0. The summed E-state index contributed by atoms with van der Waals surface area (Å²) < 4.78 is 13.6. The lowest BCUT2D eigenvalue weighted by Gasteiger charge is -2.08. The zero-order chi connectivity index (χ0) is 13.3. The van der Waals surface area contributed by atoms with Gasteiger partial charge in [-0.05, 0) is 38.0 Å². The molecule has 0 fully saturated rings. The van der Waals surface area contributed by atoms with Crippen molar-refractivity contribution < 1.29 is 4.39 Å². The van der Waals surface area contributed by atoms with E-state index >= 15 is 0 Å². The number of hydrogen-bond donors (Lipinski definition) is 2. The third kappa shape index (κ3) is 2.17. The molecule has 1 aromatic carbocycles. The molecule has 0 saturated heterocycles. The minimum absolute atomic E-state index is 0.00993. The van der Waals surface area contributed by atoms with Crippen molar-refractivity contribution in [1.82, 2.24) is 9.97 Å². The number of hydrogen-bond acceptors (Lipinski definition) is 4. The largest absolute Gasteiger partial charge is 0.306 e. The Hall–Kier alpha value is -2.01. The molecular formula is C13H15FN4. The van der Waals surface area contributed by atoms with Crippen LogP contribution in [0.3, 0.4) is 0 Å². The highest BCUT2D eigenvalue weighted by Gasteiger charge is 2.12. The zero-order valence-corrected chi connectivity index (χ0v) is 10.6. The molecule has 0 bridgehead atoms. The molecule has 2 aromatic rings. The van der Waals surface area contributed by atoms with E-state index in [0.29, 0.717) is 5.82 Å². The number of benzene rings is 1. The first-order valence-electron chi connectivity index (χ1n) is 5.61. The standard InChI is InChI=1S/C13H15FN4/c1-7-4-5-10(6-8(7)2)12-16-9(3)11(14)13(17-12)18-15/h4-6H,15H2,1-3H3,(H,16,17,18). The Bertz CT molecular complexity index is 596. The van der Waals surface area contributed by atoms with Crippen molar-refractivity contribution in [3.8, 4) is 11.4 Å². The van der Waals surface area contributed by atoms with Gasteiger partial charge in [0.25, 0.3) is 0 Å². The van der Waals surface area contributed by atoms with Crippen molar-refractivity contribution in [2.75, 3.05) is 5.43 Å². The van der Waals surface area contributed by atoms with Gasteiger partial charge in [-0.25, -0.2) is 20.2 Å². The van der Waals surface area contributed by atoms with Crippen LogP contribution in [0.1, 0.15) is 16.8 Å². The van der Waals surface area contributed by atoms with E-state index in [1.807, 2.05) is 32.0 Å². The Morgan fingerprint density at radius 2 is 1.83 bits per heavy atom. The fourth-order valence-corrected chi connectivity index (χ4v) is 1.66. The summed E-state index contributed by atoms with van der Waals surface area (Å²) in [5.41, 5.74) is 5.69. The number of nitrogens with two attached hydrogens (primary N) is 1. The van der Waals surface area contributed by atoms with Crippen molar-refractivity contribution in [3.63, 3.8) is 0 Å². The van der Waals surface area contributed by atoms with Crippen LogP contribution in [0.5, 0.6) is 0 Å². The number of nitrogen functional groups attached to an aromatic ring is 1. The molecule has 3 N–H and O–H groups in total. The van der Waals surface area contributed by atoms with Gasteiger partial charge in [0.15, 0.2) is 17.5 Å². The lowest BCUT2D eigenvalue weighted by molar-refractivity contribution is 0.606. The number of hydrazine groups is 1. The van der Waals surface area contributed by atoms with E-state index in [2.05, 4.69) is 15.4 Å². The van der Waals surface area contributed by atoms with Crippen LogP contribution in [0.15, 0.2) is 18.2 Å². The third-order valence-electron chi connectivity index (χ3n) is 2.92. The first-order valence-corrected chi connectivity index (χ1v) is 5.61. The molecule has 0 aliphatic rings. The van der Waals surface area contributed by atoms with Crippen molar-refractivity contribution in [3.05, 3.63) is 40.8 Å². The van der Waals surface area contributed by atoms with E-state index in [-0.39, 0.29) is 11.5 Å². The monoisotopic (exact) mass is 246 g/mol. The maximum Gasteiger partial charge on any atom is 0.187 e. The number of aryl methyl sites for hydroxylation is 3. The van der Waals surface area contributed by atoms with Crippen molar-refractivity contribution in [2.45, 2.75) is 20.8 Å². The van der Waals surface area contributed by atoms with Crippen LogP contribution in [0.2, 0.25) is 0 Å². The van der Waals surface area contributed by atoms with Gasteiger partial charge in [-0.15, -0.1) is 0 Å². The van der Waals surface area contributed by atoms with Gasteiger partial charge in [-0.3, -0.25) is 0 Å². The van der Waals surface area contributed by atoms with E-state index in [1.54, 1.807) is 6.92 Å². The lowest BCUT2D eigenvalue weighted by Crippen LogP contribution is -2.13. The number of nitrogens with zero attached hydrogens (tertiary/aromatic N) is 2. The summed E-state index contributed by atoms with van der Waals surface area (Å²) in [4.78, 5) is 8.21. The van der Waals surface area contributed by atoms with Gasteiger partial charge in [0, 0.05) is 5.56 Å². The van der Waals surface area contributed by atoms with Crippen LogP contribution in [0.4, 0.5) is 10.2 Å². The molecule has 0 amide bonds. The van der Waals surface area contributed by atoms with Crippen molar-refractivity contribution in [2.24, 2.45) is 5.84 Å². The smallest absolute Gasteiger partial charge is 0.187 e. The summed E-state index contributed by atoms with van der Waals surface area (Å²) in [5.74, 6) is 5.19. The highest BCUT2D eigenvalue weighted by atomic mass is 19.1. The average molecular weight is 246 g/mol. The number of anilines is 1. The maximum absolute atomic E-state index is 13.6. The zero-order valence-electron chi connectivity index (χ0n) is 10.6. The molecule has 94 valence electrons. The van der Waals surface area contributed by atoms with Crippen LogP contribution in [-0.2, 0) is 0 Å². The van der Waals surface area contributed by atoms with Crippen molar-refractivity contribution >= 4 is 5.82 Å². The molecule has 5 heteroatoms. The van der Waals surface area contributed by atoms with E-state index in [0.717, 1.165) is 11.1 Å². The Morgan fingerprint density at radius 3 is 2.44 bits per heavy atom. The van der Waals surface area contributed by atoms with Gasteiger partial charge < -0.3 is 5.43 Å². The minimum atomic E-state index is -0.523. The molecule has 1 aromatic heterocycles. The van der Waals surface area contributed by atoms with Crippen LogP contribution >= 0.6 is 0 Å². The number of nitrogens with one attached hydrogen (secondary N) is 1. The summed E-state index contributed by atoms with van der Waals surface area (Å²) in [7, 11) is 0.